The molecule has 4 heterocycles. The first-order chi connectivity index (χ1) is 17.1. The Labute approximate surface area is 209 Å². The second-order valence-electron chi connectivity index (χ2n) is 10.2. The third-order valence-corrected chi connectivity index (χ3v) is 7.12. The van der Waals surface area contributed by atoms with E-state index in [0.29, 0.717) is 41.1 Å². The van der Waals surface area contributed by atoms with Gasteiger partial charge in [-0.15, -0.1) is 0 Å². The molecule has 5 rings (SSSR count). The molecule has 2 fully saturated rings. The molecule has 2 aliphatic rings. The molecule has 11 nitrogen and oxygen atoms in total. The summed E-state index contributed by atoms with van der Waals surface area (Å²) in [5.74, 6) is -0.0606. The zero-order chi connectivity index (χ0) is 25.8. The van der Waals surface area contributed by atoms with Crippen molar-refractivity contribution in [1.82, 2.24) is 39.8 Å². The topological polar surface area (TPSA) is 126 Å². The van der Waals surface area contributed by atoms with Crippen LogP contribution in [0.3, 0.4) is 0 Å². The molecule has 3 aromatic heterocycles. The molecule has 3 aromatic rings. The van der Waals surface area contributed by atoms with Crippen LogP contribution in [0.2, 0.25) is 0 Å². The SMILES string of the molecule is [B]NC(=O)C1C2CC2(C)CN1C(=O)Cn1nc(C(C)=O)c2cc(-c3cnc(CN(C)C)nc3)ncc21. The highest BCUT2D eigenvalue weighted by atomic mass is 16.2. The lowest BCUT2D eigenvalue weighted by Gasteiger charge is -2.27. The third-order valence-electron chi connectivity index (χ3n) is 7.12. The van der Waals surface area contributed by atoms with Crippen LogP contribution in [0, 0.1) is 11.3 Å². The van der Waals surface area contributed by atoms with E-state index in [9.17, 15) is 14.4 Å². The molecule has 2 radical (unpaired) electrons. The fraction of sp³-hybridized carbons (Fsp3) is 0.458. The van der Waals surface area contributed by atoms with Crippen molar-refractivity contribution in [3.63, 3.8) is 0 Å². The van der Waals surface area contributed by atoms with Crippen molar-refractivity contribution >= 4 is 36.5 Å². The van der Waals surface area contributed by atoms with Gasteiger partial charge >= 0.3 is 0 Å². The van der Waals surface area contributed by atoms with E-state index in [1.807, 2.05) is 19.0 Å². The summed E-state index contributed by atoms with van der Waals surface area (Å²) in [4.78, 5) is 54.9. The fourth-order valence-corrected chi connectivity index (χ4v) is 5.16. The zero-order valence-corrected chi connectivity index (χ0v) is 20.7. The lowest BCUT2D eigenvalue weighted by Crippen LogP contribution is -2.48. The molecular formula is C24H27BN8O3. The summed E-state index contributed by atoms with van der Waals surface area (Å²) in [5, 5.41) is 7.22. The van der Waals surface area contributed by atoms with Gasteiger partial charge in [0.1, 0.15) is 24.1 Å². The molecule has 3 atom stereocenters. The average Bonchev–Trinajstić information content (AvgIpc) is 3.21. The van der Waals surface area contributed by atoms with Crippen molar-refractivity contribution in [2.45, 2.75) is 39.4 Å². The summed E-state index contributed by atoms with van der Waals surface area (Å²) in [6.45, 7) is 4.49. The largest absolute Gasteiger partial charge is 0.407 e. The van der Waals surface area contributed by atoms with E-state index in [0.717, 1.165) is 6.42 Å². The van der Waals surface area contributed by atoms with Crippen LogP contribution in [0.5, 0.6) is 0 Å². The first-order valence-electron chi connectivity index (χ1n) is 11.7. The maximum absolute atomic E-state index is 13.3. The first-order valence-corrected chi connectivity index (χ1v) is 11.7. The zero-order valence-electron chi connectivity index (χ0n) is 20.7. The number of ketones is 1. The monoisotopic (exact) mass is 486 g/mol. The van der Waals surface area contributed by atoms with Gasteiger partial charge in [-0.1, -0.05) is 6.92 Å². The van der Waals surface area contributed by atoms with Crippen LogP contribution < -0.4 is 5.23 Å². The predicted octanol–water partition coefficient (Wildman–Crippen LogP) is 0.589. The number of nitrogens with zero attached hydrogens (tertiary/aromatic N) is 7. The summed E-state index contributed by atoms with van der Waals surface area (Å²) in [5.41, 5.74) is 2.04. The Kier molecular flexibility index (Phi) is 5.86. The van der Waals surface area contributed by atoms with Gasteiger partial charge in [0, 0.05) is 36.8 Å². The number of rotatable bonds is 7. The van der Waals surface area contributed by atoms with Gasteiger partial charge < -0.3 is 15.0 Å². The Morgan fingerprint density at radius 3 is 2.56 bits per heavy atom. The number of fused-ring (bicyclic) bond motifs is 2. The molecule has 36 heavy (non-hydrogen) atoms. The number of nitrogens with one attached hydrogen (secondary N) is 1. The summed E-state index contributed by atoms with van der Waals surface area (Å²) in [6.07, 6.45) is 5.88. The number of hydrogen-bond acceptors (Lipinski definition) is 8. The second kappa shape index (κ2) is 8.77. The molecule has 1 saturated heterocycles. The van der Waals surface area contributed by atoms with Crippen LogP contribution in [0.4, 0.5) is 0 Å². The van der Waals surface area contributed by atoms with E-state index in [1.54, 1.807) is 29.6 Å². The number of pyridine rings is 1. The summed E-state index contributed by atoms with van der Waals surface area (Å²) in [6, 6.07) is 1.17. The third kappa shape index (κ3) is 4.15. The standard InChI is InChI=1S/C24H27BN8O3/c1-13(34)21-15-5-17(14-7-27-19(28-8-14)10-31(3)4)26-9-18(15)33(30-21)11-20(35)32-12-24(2)6-16(24)22(32)23(36)29-25/h5,7-9,16,22H,6,10-12H2,1-4H3,(H,29,36). The lowest BCUT2D eigenvalue weighted by atomic mass is 10.1. The van der Waals surface area contributed by atoms with Crippen molar-refractivity contribution in [2.75, 3.05) is 20.6 Å². The van der Waals surface area contributed by atoms with Gasteiger partial charge in [-0.2, -0.15) is 5.10 Å². The Morgan fingerprint density at radius 2 is 1.92 bits per heavy atom. The quantitative estimate of drug-likeness (QED) is 0.380. The maximum atomic E-state index is 13.3. The van der Waals surface area contributed by atoms with Gasteiger partial charge in [-0.25, -0.2) is 9.97 Å². The Bertz CT molecular complexity index is 1370. The number of Topliss-reactive ketones (excluding diaryl/α,β-unsaturated/α-hetero) is 1. The van der Waals surface area contributed by atoms with Gasteiger partial charge in [-0.3, -0.25) is 24.0 Å². The van der Waals surface area contributed by atoms with Gasteiger partial charge in [0.2, 0.25) is 19.8 Å². The van der Waals surface area contributed by atoms with Crippen LogP contribution in [0.1, 0.15) is 36.6 Å². The smallest absolute Gasteiger partial charge is 0.245 e. The van der Waals surface area contributed by atoms with E-state index >= 15 is 0 Å². The molecule has 0 bridgehead atoms. The lowest BCUT2D eigenvalue weighted by molar-refractivity contribution is -0.139. The highest BCUT2D eigenvalue weighted by Gasteiger charge is 2.64. The Balaban J connectivity index is 1.44. The molecule has 1 saturated carbocycles. The Hall–Kier alpha value is -3.67. The number of piperidine rings is 1. The van der Waals surface area contributed by atoms with Crippen molar-refractivity contribution in [1.29, 1.82) is 0 Å². The number of carbonyl (C=O) groups is 3. The van der Waals surface area contributed by atoms with Crippen molar-refractivity contribution < 1.29 is 14.4 Å². The number of hydrogen-bond donors (Lipinski definition) is 1. The molecule has 1 aliphatic heterocycles. The van der Waals surface area contributed by atoms with Crippen LogP contribution in [-0.2, 0) is 22.7 Å². The van der Waals surface area contributed by atoms with Crippen molar-refractivity contribution in [3.8, 4) is 11.3 Å². The van der Waals surface area contributed by atoms with Crippen molar-refractivity contribution in [3.05, 3.63) is 36.2 Å². The van der Waals surface area contributed by atoms with E-state index in [-0.39, 0.29) is 41.2 Å². The normalized spacial score (nSPS) is 22.6. The van der Waals surface area contributed by atoms with E-state index in [2.05, 4.69) is 32.2 Å². The molecule has 1 N–H and O–H groups in total. The molecule has 1 aliphatic carbocycles. The molecule has 3 unspecified atom stereocenters. The average molecular weight is 486 g/mol. The van der Waals surface area contributed by atoms with Gasteiger partial charge in [0.05, 0.1) is 24.0 Å². The fourth-order valence-electron chi connectivity index (χ4n) is 5.16. The minimum absolute atomic E-state index is 0.0653. The maximum Gasteiger partial charge on any atom is 0.245 e. The summed E-state index contributed by atoms with van der Waals surface area (Å²) < 4.78 is 1.48. The van der Waals surface area contributed by atoms with Crippen LogP contribution in [0.25, 0.3) is 22.2 Å². The minimum Gasteiger partial charge on any atom is -0.407 e. The molecule has 2 amide bonds. The predicted molar refractivity (Wildman–Crippen MR) is 132 cm³/mol. The highest BCUT2D eigenvalue weighted by Crippen LogP contribution is 2.60. The summed E-state index contributed by atoms with van der Waals surface area (Å²) in [7, 11) is 9.27. The van der Waals surface area contributed by atoms with Gasteiger partial charge in [0.25, 0.3) is 0 Å². The highest BCUT2D eigenvalue weighted by molar-refractivity contribution is 6.15. The molecule has 12 heteroatoms. The molecular weight excluding hydrogens is 459 g/mol. The number of carbonyl (C=O) groups excluding carboxylic acids is 3. The number of aromatic nitrogens is 5. The van der Waals surface area contributed by atoms with Gasteiger partial charge in [0.15, 0.2) is 5.78 Å². The van der Waals surface area contributed by atoms with Crippen LogP contribution in [-0.4, -0.2) is 86.8 Å². The Morgan fingerprint density at radius 1 is 1.19 bits per heavy atom. The first kappa shape index (κ1) is 24.0. The minimum atomic E-state index is -0.596. The summed E-state index contributed by atoms with van der Waals surface area (Å²) >= 11 is 0. The molecule has 184 valence electrons. The van der Waals surface area contributed by atoms with E-state index in [1.165, 1.54) is 11.6 Å². The second-order valence-corrected chi connectivity index (χ2v) is 10.2. The number of likely N-dealkylation sites (tertiary alicyclic amines) is 1. The van der Waals surface area contributed by atoms with Gasteiger partial charge in [-0.05, 0) is 37.9 Å². The molecule has 0 aromatic carbocycles. The van der Waals surface area contributed by atoms with Crippen LogP contribution >= 0.6 is 0 Å². The van der Waals surface area contributed by atoms with E-state index in [4.69, 9.17) is 7.98 Å². The van der Waals surface area contributed by atoms with Crippen LogP contribution in [0.15, 0.2) is 24.7 Å². The number of amides is 2. The molecule has 0 spiro atoms. The van der Waals surface area contributed by atoms with E-state index < -0.39 is 6.04 Å². The van der Waals surface area contributed by atoms with Crippen molar-refractivity contribution in [2.24, 2.45) is 11.3 Å².